The summed E-state index contributed by atoms with van der Waals surface area (Å²) >= 11 is 0. The maximum absolute atomic E-state index is 11.7. The Labute approximate surface area is 135 Å². The van der Waals surface area contributed by atoms with Crippen LogP contribution in [0.5, 0.6) is 0 Å². The predicted octanol–water partition coefficient (Wildman–Crippen LogP) is -0.0288. The van der Waals surface area contributed by atoms with E-state index >= 15 is 0 Å². The number of nitrogens with one attached hydrogen (secondary N) is 1. The maximum atomic E-state index is 11.7. The molecule has 124 valence electrons. The van der Waals surface area contributed by atoms with Gasteiger partial charge >= 0.3 is 0 Å². The average molecular weight is 317 g/mol. The van der Waals surface area contributed by atoms with Crippen molar-refractivity contribution in [3.05, 3.63) is 23.9 Å². The van der Waals surface area contributed by atoms with Crippen LogP contribution in [-0.2, 0) is 4.79 Å². The van der Waals surface area contributed by atoms with E-state index in [4.69, 9.17) is 5.73 Å². The number of nitrogens with zero attached hydrogens (tertiary/aromatic N) is 3. The number of primary amides is 1. The number of aromatic nitrogens is 1. The highest BCUT2D eigenvalue weighted by atomic mass is 16.2. The summed E-state index contributed by atoms with van der Waals surface area (Å²) in [5.41, 5.74) is 5.87. The molecule has 2 aliphatic rings. The van der Waals surface area contributed by atoms with E-state index in [1.54, 1.807) is 18.3 Å². The molecule has 3 N–H and O–H groups in total. The van der Waals surface area contributed by atoms with Crippen LogP contribution in [-0.4, -0.2) is 60.5 Å². The summed E-state index contributed by atoms with van der Waals surface area (Å²) in [6.45, 7) is 3.08. The number of anilines is 1. The average Bonchev–Trinajstić information content (AvgIpc) is 2.73. The molecule has 2 saturated heterocycles. The first-order chi connectivity index (χ1) is 11.0. The van der Waals surface area contributed by atoms with Crippen molar-refractivity contribution in [3.8, 4) is 0 Å². The van der Waals surface area contributed by atoms with E-state index in [0.717, 1.165) is 32.5 Å². The molecule has 1 atom stereocenters. The smallest absolute Gasteiger partial charge is 0.252 e. The molecule has 0 aliphatic carbocycles. The standard InChI is InChI=1S/C16H23N5O2/c1-20-9-10-21(15-12(14(17)23)3-2-7-19-15)11-16(20)5-4-13(22)18-8-6-16/h2-3,7H,4-6,8-11H2,1H3,(H2,17,23)(H,18,22). The van der Waals surface area contributed by atoms with Gasteiger partial charge in [0.15, 0.2) is 0 Å². The summed E-state index contributed by atoms with van der Waals surface area (Å²) in [6.07, 6.45) is 3.92. The molecule has 0 radical (unpaired) electrons. The number of piperazine rings is 1. The van der Waals surface area contributed by atoms with Gasteiger partial charge in [0.2, 0.25) is 5.91 Å². The Morgan fingerprint density at radius 2 is 2.22 bits per heavy atom. The molecule has 7 nitrogen and oxygen atoms in total. The van der Waals surface area contributed by atoms with Crippen LogP contribution in [0.2, 0.25) is 0 Å². The van der Waals surface area contributed by atoms with Gasteiger partial charge in [0.05, 0.1) is 5.56 Å². The lowest BCUT2D eigenvalue weighted by Crippen LogP contribution is -2.61. The fraction of sp³-hybridized carbons (Fsp3) is 0.562. The summed E-state index contributed by atoms with van der Waals surface area (Å²) in [5.74, 6) is 0.304. The minimum atomic E-state index is -0.459. The molecule has 0 bridgehead atoms. The molecule has 0 aromatic carbocycles. The minimum absolute atomic E-state index is 0.0795. The van der Waals surface area contributed by atoms with Crippen molar-refractivity contribution < 1.29 is 9.59 Å². The summed E-state index contributed by atoms with van der Waals surface area (Å²) < 4.78 is 0. The number of carbonyl (C=O) groups excluding carboxylic acids is 2. The number of carbonyl (C=O) groups is 2. The Hall–Kier alpha value is -2.15. The normalized spacial score (nSPS) is 26.0. The highest BCUT2D eigenvalue weighted by Crippen LogP contribution is 2.32. The molecular formula is C16H23N5O2. The topological polar surface area (TPSA) is 91.6 Å². The van der Waals surface area contributed by atoms with Gasteiger partial charge in [0.25, 0.3) is 5.91 Å². The molecule has 23 heavy (non-hydrogen) atoms. The van der Waals surface area contributed by atoms with Crippen LogP contribution >= 0.6 is 0 Å². The van der Waals surface area contributed by atoms with Crippen molar-refractivity contribution in [2.75, 3.05) is 38.1 Å². The molecule has 2 fully saturated rings. The molecule has 7 heteroatoms. The zero-order valence-corrected chi connectivity index (χ0v) is 13.4. The SMILES string of the molecule is CN1CCN(c2ncccc2C(N)=O)CC12CCNC(=O)CC2. The third kappa shape index (κ3) is 3.01. The number of amides is 2. The van der Waals surface area contributed by atoms with Crippen LogP contribution < -0.4 is 16.0 Å². The van der Waals surface area contributed by atoms with Gasteiger partial charge in [-0.3, -0.25) is 14.5 Å². The van der Waals surface area contributed by atoms with Gasteiger partial charge in [0, 0.05) is 44.3 Å². The zero-order valence-electron chi connectivity index (χ0n) is 13.4. The first-order valence-electron chi connectivity index (χ1n) is 7.99. The first-order valence-corrected chi connectivity index (χ1v) is 7.99. The van der Waals surface area contributed by atoms with Crippen molar-refractivity contribution in [1.82, 2.24) is 15.2 Å². The lowest BCUT2D eigenvalue weighted by molar-refractivity contribution is -0.120. The third-order valence-corrected chi connectivity index (χ3v) is 5.08. The molecule has 3 rings (SSSR count). The van der Waals surface area contributed by atoms with Gasteiger partial charge in [-0.05, 0) is 32.0 Å². The second-order valence-corrected chi connectivity index (χ2v) is 6.41. The van der Waals surface area contributed by atoms with Crippen molar-refractivity contribution in [1.29, 1.82) is 0 Å². The number of rotatable bonds is 2. The van der Waals surface area contributed by atoms with Crippen LogP contribution in [0.4, 0.5) is 5.82 Å². The van der Waals surface area contributed by atoms with E-state index < -0.39 is 5.91 Å². The molecular weight excluding hydrogens is 294 g/mol. The first kappa shape index (κ1) is 15.7. The van der Waals surface area contributed by atoms with Crippen molar-refractivity contribution in [2.45, 2.75) is 24.8 Å². The predicted molar refractivity (Wildman–Crippen MR) is 87.2 cm³/mol. The van der Waals surface area contributed by atoms with Crippen LogP contribution in [0.3, 0.4) is 0 Å². The second-order valence-electron chi connectivity index (χ2n) is 6.41. The van der Waals surface area contributed by atoms with Crippen LogP contribution in [0.25, 0.3) is 0 Å². The van der Waals surface area contributed by atoms with Crippen molar-refractivity contribution >= 4 is 17.6 Å². The van der Waals surface area contributed by atoms with Gasteiger partial charge < -0.3 is 16.0 Å². The summed E-state index contributed by atoms with van der Waals surface area (Å²) in [6, 6.07) is 3.44. The van der Waals surface area contributed by atoms with E-state index in [1.165, 1.54) is 0 Å². The minimum Gasteiger partial charge on any atom is -0.365 e. The summed E-state index contributed by atoms with van der Waals surface area (Å²) in [4.78, 5) is 32.2. The van der Waals surface area contributed by atoms with Crippen LogP contribution in [0.1, 0.15) is 29.6 Å². The largest absolute Gasteiger partial charge is 0.365 e. The molecule has 1 aromatic heterocycles. The molecule has 2 aliphatic heterocycles. The van der Waals surface area contributed by atoms with Gasteiger partial charge in [-0.2, -0.15) is 0 Å². The highest BCUT2D eigenvalue weighted by molar-refractivity contribution is 5.97. The summed E-state index contributed by atoms with van der Waals surface area (Å²) in [7, 11) is 2.11. The monoisotopic (exact) mass is 317 g/mol. The Bertz CT molecular complexity index is 620. The lowest BCUT2D eigenvalue weighted by atomic mass is 9.86. The Morgan fingerprint density at radius 1 is 1.39 bits per heavy atom. The molecule has 1 spiro atoms. The summed E-state index contributed by atoms with van der Waals surface area (Å²) in [5, 5.41) is 2.95. The van der Waals surface area contributed by atoms with Crippen LogP contribution in [0, 0.1) is 0 Å². The van der Waals surface area contributed by atoms with E-state index in [0.29, 0.717) is 24.3 Å². The molecule has 0 saturated carbocycles. The highest BCUT2D eigenvalue weighted by Gasteiger charge is 2.41. The van der Waals surface area contributed by atoms with Gasteiger partial charge in [0.1, 0.15) is 5.82 Å². The number of likely N-dealkylation sites (N-methyl/N-ethyl adjacent to an activating group) is 1. The van der Waals surface area contributed by atoms with Gasteiger partial charge in [-0.1, -0.05) is 0 Å². The van der Waals surface area contributed by atoms with Gasteiger partial charge in [-0.15, -0.1) is 0 Å². The van der Waals surface area contributed by atoms with E-state index in [1.807, 2.05) is 0 Å². The number of pyridine rings is 1. The molecule has 1 unspecified atom stereocenters. The quantitative estimate of drug-likeness (QED) is 0.799. The van der Waals surface area contributed by atoms with E-state index in [2.05, 4.69) is 27.1 Å². The molecule has 2 amide bonds. The third-order valence-electron chi connectivity index (χ3n) is 5.08. The number of hydrogen-bond acceptors (Lipinski definition) is 5. The van der Waals surface area contributed by atoms with Crippen molar-refractivity contribution in [3.63, 3.8) is 0 Å². The lowest BCUT2D eigenvalue weighted by Gasteiger charge is -2.49. The van der Waals surface area contributed by atoms with Crippen LogP contribution in [0.15, 0.2) is 18.3 Å². The van der Waals surface area contributed by atoms with Gasteiger partial charge in [-0.25, -0.2) is 4.98 Å². The van der Waals surface area contributed by atoms with E-state index in [-0.39, 0.29) is 11.4 Å². The Balaban J connectivity index is 1.89. The molecule has 1 aromatic rings. The second kappa shape index (κ2) is 6.16. The number of hydrogen-bond donors (Lipinski definition) is 2. The fourth-order valence-corrected chi connectivity index (χ4v) is 3.62. The van der Waals surface area contributed by atoms with E-state index in [9.17, 15) is 9.59 Å². The molecule has 3 heterocycles. The number of nitrogens with two attached hydrogens (primary N) is 1. The van der Waals surface area contributed by atoms with Crippen molar-refractivity contribution in [2.24, 2.45) is 5.73 Å². The maximum Gasteiger partial charge on any atom is 0.252 e. The zero-order chi connectivity index (χ0) is 16.4. The fourth-order valence-electron chi connectivity index (χ4n) is 3.62. The Morgan fingerprint density at radius 3 is 3.00 bits per heavy atom. The Kier molecular flexibility index (Phi) is 4.21.